The molecule has 2 atom stereocenters. The Morgan fingerprint density at radius 1 is 0.386 bits per heavy atom. The number of rotatable bonds is 58. The fourth-order valence-electron chi connectivity index (χ4n) is 9.57. The summed E-state index contributed by atoms with van der Waals surface area (Å²) < 4.78 is 5.46. The summed E-state index contributed by atoms with van der Waals surface area (Å²) in [4.78, 5) is 24.5. The molecule has 0 aliphatic heterocycles. The van der Waals surface area contributed by atoms with Crippen LogP contribution in [0.15, 0.2) is 36.5 Å². The van der Waals surface area contributed by atoms with Crippen LogP contribution in [-0.4, -0.2) is 47.4 Å². The van der Waals surface area contributed by atoms with Gasteiger partial charge < -0.3 is 20.3 Å². The third kappa shape index (κ3) is 55.4. The summed E-state index contributed by atoms with van der Waals surface area (Å²) >= 11 is 0. The summed E-state index contributed by atoms with van der Waals surface area (Å²) in [5.74, 6) is -0.0788. The molecular weight excluding hydrogens is 863 g/mol. The maximum atomic E-state index is 12.5. The zero-order chi connectivity index (χ0) is 50.7. The quantitative estimate of drug-likeness (QED) is 0.0321. The van der Waals surface area contributed by atoms with Crippen molar-refractivity contribution in [1.29, 1.82) is 0 Å². The molecule has 0 aliphatic rings. The van der Waals surface area contributed by atoms with Crippen molar-refractivity contribution in [3.8, 4) is 0 Å². The van der Waals surface area contributed by atoms with Crippen molar-refractivity contribution in [2.45, 2.75) is 347 Å². The fourth-order valence-corrected chi connectivity index (χ4v) is 9.57. The number of hydrogen-bond acceptors (Lipinski definition) is 5. The van der Waals surface area contributed by atoms with Crippen molar-refractivity contribution < 1.29 is 24.5 Å². The van der Waals surface area contributed by atoms with Crippen molar-refractivity contribution in [2.75, 3.05) is 13.2 Å². The summed E-state index contributed by atoms with van der Waals surface area (Å²) in [7, 11) is 0. The van der Waals surface area contributed by atoms with Gasteiger partial charge in [0.2, 0.25) is 5.91 Å². The molecule has 0 bridgehead atoms. The number of aliphatic hydroxyl groups excluding tert-OH is 2. The van der Waals surface area contributed by atoms with E-state index < -0.39 is 12.1 Å². The van der Waals surface area contributed by atoms with Gasteiger partial charge in [-0.1, -0.05) is 275 Å². The number of hydrogen-bond donors (Lipinski definition) is 3. The van der Waals surface area contributed by atoms with Crippen molar-refractivity contribution in [1.82, 2.24) is 5.32 Å². The Hall–Kier alpha value is -1.92. The molecule has 0 aromatic heterocycles. The molecule has 0 heterocycles. The minimum absolute atomic E-state index is 0.00447. The van der Waals surface area contributed by atoms with Gasteiger partial charge >= 0.3 is 5.97 Å². The van der Waals surface area contributed by atoms with E-state index in [0.29, 0.717) is 19.4 Å². The van der Waals surface area contributed by atoms with Crippen LogP contribution in [0.25, 0.3) is 0 Å². The van der Waals surface area contributed by atoms with E-state index in [1.54, 1.807) is 6.08 Å². The first-order valence-corrected chi connectivity index (χ1v) is 31.3. The third-order valence-corrected chi connectivity index (χ3v) is 14.4. The molecule has 0 saturated heterocycles. The Balaban J connectivity index is 3.47. The minimum atomic E-state index is -0.851. The monoisotopic (exact) mass is 984 g/mol. The molecule has 1 amide bonds. The average molecular weight is 985 g/mol. The summed E-state index contributed by atoms with van der Waals surface area (Å²) in [5, 5.41) is 23.2. The smallest absolute Gasteiger partial charge is 0.305 e. The normalized spacial score (nSPS) is 12.8. The average Bonchev–Trinajstić information content (AvgIpc) is 3.36. The molecule has 0 saturated carbocycles. The van der Waals surface area contributed by atoms with Crippen molar-refractivity contribution >= 4 is 11.9 Å². The molecule has 70 heavy (non-hydrogen) atoms. The van der Waals surface area contributed by atoms with Crippen LogP contribution in [0.1, 0.15) is 335 Å². The summed E-state index contributed by atoms with van der Waals surface area (Å²) in [5.41, 5.74) is 0. The van der Waals surface area contributed by atoms with Gasteiger partial charge in [-0.3, -0.25) is 9.59 Å². The van der Waals surface area contributed by atoms with E-state index in [1.807, 2.05) is 6.08 Å². The van der Waals surface area contributed by atoms with Crippen molar-refractivity contribution in [2.24, 2.45) is 0 Å². The molecule has 0 rings (SSSR count). The van der Waals surface area contributed by atoms with Gasteiger partial charge in [0.15, 0.2) is 0 Å². The van der Waals surface area contributed by atoms with E-state index in [1.165, 1.54) is 257 Å². The standard InChI is InChI=1S/C64H121NO5/c1-3-5-7-9-11-13-15-17-18-19-20-21-24-27-30-33-36-40-44-48-52-56-62(67)61(60-66)65-63(68)57-53-49-45-41-37-34-31-28-25-22-23-26-29-32-35-39-43-47-51-55-59-70-64(69)58-54-50-46-42-38-16-14-12-10-8-6-4-2/h12,14,22,25,52,56,61-62,66-67H,3-11,13,15-21,23-24,26-51,53-55,57-60H2,1-2H3,(H,65,68)/b14-12-,25-22-,56-52+. The highest BCUT2D eigenvalue weighted by molar-refractivity contribution is 5.76. The second-order valence-corrected chi connectivity index (χ2v) is 21.4. The van der Waals surface area contributed by atoms with E-state index in [-0.39, 0.29) is 18.5 Å². The predicted octanol–water partition coefficient (Wildman–Crippen LogP) is 19.6. The zero-order valence-electron chi connectivity index (χ0n) is 47.0. The SMILES string of the molecule is CCCCC/C=C\CCCCCCCC(=O)OCCCCCCCCCCC/C=C\CCCCCCCCCC(=O)NC(CO)C(O)/C=C/CCCCCCCCCCCCCCCCCCCCC. The maximum absolute atomic E-state index is 12.5. The van der Waals surface area contributed by atoms with Gasteiger partial charge in [-0.2, -0.15) is 0 Å². The Morgan fingerprint density at radius 2 is 0.671 bits per heavy atom. The van der Waals surface area contributed by atoms with E-state index in [9.17, 15) is 19.8 Å². The highest BCUT2D eigenvalue weighted by Gasteiger charge is 2.18. The van der Waals surface area contributed by atoms with Crippen LogP contribution in [-0.2, 0) is 14.3 Å². The largest absolute Gasteiger partial charge is 0.466 e. The van der Waals surface area contributed by atoms with Crippen LogP contribution < -0.4 is 5.32 Å². The van der Waals surface area contributed by atoms with Crippen LogP contribution in [0, 0.1) is 0 Å². The number of nitrogens with one attached hydrogen (secondary N) is 1. The van der Waals surface area contributed by atoms with Crippen molar-refractivity contribution in [3.05, 3.63) is 36.5 Å². The van der Waals surface area contributed by atoms with Gasteiger partial charge in [0.1, 0.15) is 0 Å². The van der Waals surface area contributed by atoms with Gasteiger partial charge in [-0.15, -0.1) is 0 Å². The lowest BCUT2D eigenvalue weighted by atomic mass is 10.0. The van der Waals surface area contributed by atoms with E-state index >= 15 is 0 Å². The molecule has 0 fully saturated rings. The van der Waals surface area contributed by atoms with Gasteiger partial charge in [-0.05, 0) is 83.5 Å². The topological polar surface area (TPSA) is 95.9 Å². The number of carbonyl (C=O) groups excluding carboxylic acids is 2. The molecule has 0 aromatic carbocycles. The molecule has 412 valence electrons. The number of aliphatic hydroxyl groups is 2. The first-order valence-electron chi connectivity index (χ1n) is 31.3. The highest BCUT2D eigenvalue weighted by atomic mass is 16.5. The van der Waals surface area contributed by atoms with E-state index in [0.717, 1.165) is 51.4 Å². The molecule has 0 aromatic rings. The summed E-state index contributed by atoms with van der Waals surface area (Å²) in [6.45, 7) is 4.89. The van der Waals surface area contributed by atoms with Crippen LogP contribution in [0.3, 0.4) is 0 Å². The molecule has 6 heteroatoms. The Kier molecular flexibility index (Phi) is 58.0. The number of unbranched alkanes of at least 4 members (excludes halogenated alkanes) is 43. The first kappa shape index (κ1) is 68.1. The second-order valence-electron chi connectivity index (χ2n) is 21.4. The van der Waals surface area contributed by atoms with Gasteiger partial charge in [0, 0.05) is 12.8 Å². The molecule has 0 spiro atoms. The lowest BCUT2D eigenvalue weighted by Crippen LogP contribution is -2.45. The van der Waals surface area contributed by atoms with Crippen LogP contribution in [0.5, 0.6) is 0 Å². The summed E-state index contributed by atoms with van der Waals surface area (Å²) in [6.07, 6.45) is 74.7. The van der Waals surface area contributed by atoms with Crippen LogP contribution >= 0.6 is 0 Å². The number of ether oxygens (including phenoxy) is 1. The molecule has 0 radical (unpaired) electrons. The molecule has 2 unspecified atom stereocenters. The van der Waals surface area contributed by atoms with Crippen molar-refractivity contribution in [3.63, 3.8) is 0 Å². The molecule has 3 N–H and O–H groups in total. The van der Waals surface area contributed by atoms with Gasteiger partial charge in [-0.25, -0.2) is 0 Å². The van der Waals surface area contributed by atoms with E-state index in [4.69, 9.17) is 4.74 Å². The lowest BCUT2D eigenvalue weighted by molar-refractivity contribution is -0.143. The molecule has 6 nitrogen and oxygen atoms in total. The number of esters is 1. The molecular formula is C64H121NO5. The zero-order valence-corrected chi connectivity index (χ0v) is 47.0. The van der Waals surface area contributed by atoms with Gasteiger partial charge in [0.25, 0.3) is 0 Å². The number of allylic oxidation sites excluding steroid dienone is 5. The Bertz CT molecular complexity index is 1130. The van der Waals surface area contributed by atoms with Gasteiger partial charge in [0.05, 0.1) is 25.4 Å². The maximum Gasteiger partial charge on any atom is 0.305 e. The van der Waals surface area contributed by atoms with Crippen LogP contribution in [0.2, 0.25) is 0 Å². The van der Waals surface area contributed by atoms with E-state index in [2.05, 4.69) is 43.5 Å². The third-order valence-electron chi connectivity index (χ3n) is 14.4. The summed E-state index contributed by atoms with van der Waals surface area (Å²) in [6, 6.07) is -0.635. The number of carbonyl (C=O) groups is 2. The second kappa shape index (κ2) is 59.6. The predicted molar refractivity (Wildman–Crippen MR) is 306 cm³/mol. The minimum Gasteiger partial charge on any atom is -0.466 e. The Labute approximate surface area is 436 Å². The first-order chi connectivity index (χ1) is 34.5. The number of amides is 1. The van der Waals surface area contributed by atoms with Crippen LogP contribution in [0.4, 0.5) is 0 Å². The lowest BCUT2D eigenvalue weighted by Gasteiger charge is -2.20. The fraction of sp³-hybridized carbons (Fsp3) is 0.875. The molecule has 0 aliphatic carbocycles. The highest BCUT2D eigenvalue weighted by Crippen LogP contribution is 2.17. The Morgan fingerprint density at radius 3 is 1.04 bits per heavy atom.